The number of halogens is 1. The van der Waals surface area contributed by atoms with Crippen LogP contribution in [0.3, 0.4) is 0 Å². The van der Waals surface area contributed by atoms with Gasteiger partial charge in [-0.3, -0.25) is 4.79 Å². The number of nitrogens with two attached hydrogens (primary N) is 1. The van der Waals surface area contributed by atoms with E-state index in [0.29, 0.717) is 12.2 Å². The zero-order valence-corrected chi connectivity index (χ0v) is 14.0. The summed E-state index contributed by atoms with van der Waals surface area (Å²) < 4.78 is 5.72. The molecule has 1 aromatic carbocycles. The molecule has 20 heavy (non-hydrogen) atoms. The van der Waals surface area contributed by atoms with Crippen LogP contribution in [0.4, 0.5) is 0 Å². The van der Waals surface area contributed by atoms with E-state index in [1.165, 1.54) is 0 Å². The van der Waals surface area contributed by atoms with E-state index in [1.807, 2.05) is 26.8 Å². The van der Waals surface area contributed by atoms with Crippen molar-refractivity contribution in [3.05, 3.63) is 27.7 Å². The molecular weight excluding hydrogens is 322 g/mol. The lowest BCUT2D eigenvalue weighted by Crippen LogP contribution is -2.19. The number of ether oxygens (including phenoxy) is 1. The van der Waals surface area contributed by atoms with Gasteiger partial charge in [-0.05, 0) is 24.5 Å². The number of phenolic OH excluding ortho intramolecular Hbond substituents is 1. The van der Waals surface area contributed by atoms with Crippen LogP contribution in [-0.2, 0) is 14.9 Å². The number of carbonyl (C=O) groups excluding carboxylic acids is 1. The molecule has 0 aliphatic carbocycles. The summed E-state index contributed by atoms with van der Waals surface area (Å²) >= 11 is 3.42. The summed E-state index contributed by atoms with van der Waals surface area (Å²) in [5.41, 5.74) is 7.16. The number of phenols is 1. The molecule has 5 heteroatoms. The molecule has 0 heterocycles. The number of hydrogen-bond acceptors (Lipinski definition) is 4. The summed E-state index contributed by atoms with van der Waals surface area (Å²) in [4.78, 5) is 11.5. The standard InChI is InChI=1S/C15H22BrNO3/c1-5-20-13(18)8-12(17)10-6-9(16)7-11(14(10)19)15(2,3)4/h6-7,12,19H,5,8,17H2,1-4H3. The largest absolute Gasteiger partial charge is 0.507 e. The Hall–Kier alpha value is -1.07. The molecule has 0 saturated carbocycles. The van der Waals surface area contributed by atoms with Gasteiger partial charge in [0.1, 0.15) is 5.75 Å². The summed E-state index contributed by atoms with van der Waals surface area (Å²) in [5, 5.41) is 10.4. The lowest BCUT2D eigenvalue weighted by molar-refractivity contribution is -0.143. The van der Waals surface area contributed by atoms with E-state index >= 15 is 0 Å². The van der Waals surface area contributed by atoms with Crippen LogP contribution in [-0.4, -0.2) is 17.7 Å². The minimum atomic E-state index is -0.590. The molecule has 0 aliphatic rings. The molecule has 1 unspecified atom stereocenters. The molecule has 0 fully saturated rings. The zero-order valence-electron chi connectivity index (χ0n) is 12.4. The molecule has 0 amide bonds. The van der Waals surface area contributed by atoms with Gasteiger partial charge in [0.25, 0.3) is 0 Å². The molecule has 1 aromatic rings. The monoisotopic (exact) mass is 343 g/mol. The molecule has 4 nitrogen and oxygen atoms in total. The van der Waals surface area contributed by atoms with Gasteiger partial charge in [-0.2, -0.15) is 0 Å². The van der Waals surface area contributed by atoms with Crippen molar-refractivity contribution in [1.82, 2.24) is 0 Å². The third kappa shape index (κ3) is 4.21. The Bertz CT molecular complexity index is 495. The number of benzene rings is 1. The van der Waals surface area contributed by atoms with Crippen LogP contribution in [0.25, 0.3) is 0 Å². The highest BCUT2D eigenvalue weighted by molar-refractivity contribution is 9.10. The first-order valence-electron chi connectivity index (χ1n) is 6.61. The van der Waals surface area contributed by atoms with E-state index in [9.17, 15) is 9.90 Å². The van der Waals surface area contributed by atoms with Crippen LogP contribution in [0.2, 0.25) is 0 Å². The Morgan fingerprint density at radius 1 is 1.45 bits per heavy atom. The summed E-state index contributed by atoms with van der Waals surface area (Å²) in [6.07, 6.45) is 0.0431. The second kappa shape index (κ2) is 6.59. The maximum atomic E-state index is 11.5. The smallest absolute Gasteiger partial charge is 0.307 e. The van der Waals surface area contributed by atoms with Gasteiger partial charge < -0.3 is 15.6 Å². The van der Waals surface area contributed by atoms with Crippen molar-refractivity contribution in [2.75, 3.05) is 6.61 Å². The molecule has 112 valence electrons. The third-order valence-electron chi connectivity index (χ3n) is 3.00. The van der Waals surface area contributed by atoms with E-state index < -0.39 is 6.04 Å². The van der Waals surface area contributed by atoms with Crippen molar-refractivity contribution < 1.29 is 14.6 Å². The van der Waals surface area contributed by atoms with Crippen molar-refractivity contribution in [1.29, 1.82) is 0 Å². The lowest BCUT2D eigenvalue weighted by atomic mass is 9.84. The van der Waals surface area contributed by atoms with Gasteiger partial charge in [-0.15, -0.1) is 0 Å². The van der Waals surface area contributed by atoms with Gasteiger partial charge in [-0.1, -0.05) is 36.7 Å². The maximum Gasteiger partial charge on any atom is 0.307 e. The fraction of sp³-hybridized carbons (Fsp3) is 0.533. The number of aromatic hydroxyl groups is 1. The summed E-state index contributed by atoms with van der Waals surface area (Å²) in [5.74, 6) is -0.214. The first kappa shape index (κ1) is 17.0. The molecule has 0 aromatic heterocycles. The highest BCUT2D eigenvalue weighted by atomic mass is 79.9. The van der Waals surface area contributed by atoms with E-state index in [2.05, 4.69) is 15.9 Å². The first-order chi connectivity index (χ1) is 9.16. The van der Waals surface area contributed by atoms with Crippen molar-refractivity contribution in [2.24, 2.45) is 5.73 Å². The second-order valence-corrected chi connectivity index (χ2v) is 6.67. The molecule has 1 atom stereocenters. The maximum absolute atomic E-state index is 11.5. The van der Waals surface area contributed by atoms with Gasteiger partial charge >= 0.3 is 5.97 Å². The van der Waals surface area contributed by atoms with Gasteiger partial charge in [-0.25, -0.2) is 0 Å². The van der Waals surface area contributed by atoms with Gasteiger partial charge in [0.15, 0.2) is 0 Å². The minimum Gasteiger partial charge on any atom is -0.507 e. The molecule has 0 aliphatic heterocycles. The number of esters is 1. The quantitative estimate of drug-likeness (QED) is 0.821. The van der Waals surface area contributed by atoms with Crippen molar-refractivity contribution in [3.63, 3.8) is 0 Å². The number of hydrogen-bond donors (Lipinski definition) is 2. The van der Waals surface area contributed by atoms with E-state index in [4.69, 9.17) is 10.5 Å². The molecule has 0 spiro atoms. The first-order valence-corrected chi connectivity index (χ1v) is 7.40. The van der Waals surface area contributed by atoms with E-state index in [0.717, 1.165) is 10.0 Å². The normalized spacial score (nSPS) is 13.1. The zero-order chi connectivity index (χ0) is 15.5. The fourth-order valence-electron chi connectivity index (χ4n) is 1.98. The molecule has 0 bridgehead atoms. The van der Waals surface area contributed by atoms with Gasteiger partial charge in [0, 0.05) is 21.6 Å². The number of rotatable bonds is 4. The average molecular weight is 344 g/mol. The van der Waals surface area contributed by atoms with Crippen LogP contribution in [0.5, 0.6) is 5.75 Å². The van der Waals surface area contributed by atoms with E-state index in [1.54, 1.807) is 13.0 Å². The summed E-state index contributed by atoms with van der Waals surface area (Å²) in [6.45, 7) is 8.10. The van der Waals surface area contributed by atoms with Crippen LogP contribution < -0.4 is 5.73 Å². The predicted molar refractivity (Wildman–Crippen MR) is 82.7 cm³/mol. The SMILES string of the molecule is CCOC(=O)CC(N)c1cc(Br)cc(C(C)(C)C)c1O. The Kier molecular flexibility index (Phi) is 5.59. The Balaban J connectivity index is 3.12. The minimum absolute atomic E-state index is 0.0431. The summed E-state index contributed by atoms with van der Waals surface area (Å²) in [6, 6.07) is 3.03. The fourth-order valence-corrected chi connectivity index (χ4v) is 2.46. The van der Waals surface area contributed by atoms with E-state index in [-0.39, 0.29) is 23.6 Å². The van der Waals surface area contributed by atoms with Crippen molar-refractivity contribution >= 4 is 21.9 Å². The lowest BCUT2D eigenvalue weighted by Gasteiger charge is -2.24. The summed E-state index contributed by atoms with van der Waals surface area (Å²) in [7, 11) is 0. The van der Waals surface area contributed by atoms with Crippen LogP contribution in [0.15, 0.2) is 16.6 Å². The van der Waals surface area contributed by atoms with Gasteiger partial charge in [0.05, 0.1) is 13.0 Å². The molecule has 3 N–H and O–H groups in total. The number of carbonyl (C=O) groups is 1. The van der Waals surface area contributed by atoms with Crippen LogP contribution >= 0.6 is 15.9 Å². The predicted octanol–water partition coefficient (Wildman–Crippen LogP) is 3.41. The Morgan fingerprint density at radius 2 is 2.05 bits per heavy atom. The molecule has 0 saturated heterocycles. The highest BCUT2D eigenvalue weighted by Gasteiger charge is 2.24. The van der Waals surface area contributed by atoms with Crippen LogP contribution in [0, 0.1) is 0 Å². The average Bonchev–Trinajstić information content (AvgIpc) is 2.30. The Morgan fingerprint density at radius 3 is 2.55 bits per heavy atom. The Labute approximate surface area is 128 Å². The van der Waals surface area contributed by atoms with Gasteiger partial charge in [0.2, 0.25) is 0 Å². The van der Waals surface area contributed by atoms with Crippen LogP contribution in [0.1, 0.15) is 51.3 Å². The third-order valence-corrected chi connectivity index (χ3v) is 3.46. The second-order valence-electron chi connectivity index (χ2n) is 5.76. The molecule has 0 radical (unpaired) electrons. The van der Waals surface area contributed by atoms with Crippen molar-refractivity contribution in [3.8, 4) is 5.75 Å². The highest BCUT2D eigenvalue weighted by Crippen LogP contribution is 2.38. The van der Waals surface area contributed by atoms with Crippen molar-refractivity contribution in [2.45, 2.75) is 45.6 Å². The topological polar surface area (TPSA) is 72.5 Å². The molecular formula is C15H22BrNO3. The molecule has 1 rings (SSSR count).